The fourth-order valence-corrected chi connectivity index (χ4v) is 3.06. The molecule has 0 saturated heterocycles. The molecular weight excluding hydrogens is 304 g/mol. The molecule has 0 heterocycles. The van der Waals surface area contributed by atoms with Crippen molar-refractivity contribution in [2.75, 3.05) is 0 Å². The Morgan fingerprint density at radius 1 is 1.37 bits per heavy atom. The molecule has 0 fully saturated rings. The van der Waals surface area contributed by atoms with E-state index in [1.165, 1.54) is 6.07 Å². The minimum atomic E-state index is -1.83. The zero-order chi connectivity index (χ0) is 13.9. The van der Waals surface area contributed by atoms with Gasteiger partial charge in [-0.2, -0.15) is 0 Å². The highest BCUT2D eigenvalue weighted by Gasteiger charge is 2.30. The van der Waals surface area contributed by atoms with Crippen LogP contribution in [0.15, 0.2) is 18.2 Å². The summed E-state index contributed by atoms with van der Waals surface area (Å²) in [4.78, 5) is 0. The van der Waals surface area contributed by atoms with Crippen molar-refractivity contribution in [3.63, 3.8) is 0 Å². The third-order valence-electron chi connectivity index (χ3n) is 2.63. The van der Waals surface area contributed by atoms with Gasteiger partial charge in [0.1, 0.15) is 5.82 Å². The Labute approximate surface area is 127 Å². The molecule has 0 radical (unpaired) electrons. The van der Waals surface area contributed by atoms with Crippen LogP contribution in [0.1, 0.15) is 25.0 Å². The summed E-state index contributed by atoms with van der Waals surface area (Å²) in [6.45, 7) is 8.12. The molecule has 6 heteroatoms. The van der Waals surface area contributed by atoms with Crippen molar-refractivity contribution in [2.45, 2.75) is 45.1 Å². The topological polar surface area (TPSA) is 35.2 Å². The summed E-state index contributed by atoms with van der Waals surface area (Å²) in [5.74, 6) is -0.352. The lowest BCUT2D eigenvalue weighted by Crippen LogP contribution is -2.38. The van der Waals surface area contributed by atoms with Gasteiger partial charge in [0.15, 0.2) is 8.32 Å². The summed E-state index contributed by atoms with van der Waals surface area (Å²) >= 11 is 6.09. The molecule has 2 nitrogen and oxygen atoms in total. The normalized spacial score (nSPS) is 14.7. The quantitative estimate of drug-likeness (QED) is 0.807. The first-order valence-corrected chi connectivity index (χ1v) is 9.92. The number of halogens is 3. The predicted octanol–water partition coefficient (Wildman–Crippen LogP) is 4.53. The molecular formula is C13H22Cl2FNOSi. The van der Waals surface area contributed by atoms with Crippen LogP contribution in [0, 0.1) is 5.82 Å². The van der Waals surface area contributed by atoms with E-state index >= 15 is 0 Å². The maximum absolute atomic E-state index is 14.0. The molecule has 0 saturated carbocycles. The van der Waals surface area contributed by atoms with Crippen LogP contribution < -0.4 is 5.73 Å². The van der Waals surface area contributed by atoms with Gasteiger partial charge in [0, 0.05) is 16.6 Å². The highest BCUT2D eigenvalue weighted by Crippen LogP contribution is 2.33. The molecule has 110 valence electrons. The van der Waals surface area contributed by atoms with Crippen LogP contribution in [0.25, 0.3) is 0 Å². The first-order valence-electron chi connectivity index (χ1n) is 6.13. The maximum atomic E-state index is 14.0. The lowest BCUT2D eigenvalue weighted by atomic mass is 10.0. The van der Waals surface area contributed by atoms with Crippen LogP contribution in [-0.4, -0.2) is 14.4 Å². The van der Waals surface area contributed by atoms with Gasteiger partial charge >= 0.3 is 0 Å². The van der Waals surface area contributed by atoms with Crippen molar-refractivity contribution in [3.8, 4) is 0 Å². The molecule has 1 aromatic carbocycles. The van der Waals surface area contributed by atoms with Crippen molar-refractivity contribution in [1.82, 2.24) is 0 Å². The van der Waals surface area contributed by atoms with E-state index in [1.54, 1.807) is 12.1 Å². The summed E-state index contributed by atoms with van der Waals surface area (Å²) in [5, 5.41) is 0.377. The van der Waals surface area contributed by atoms with Gasteiger partial charge in [0.25, 0.3) is 0 Å². The van der Waals surface area contributed by atoms with Gasteiger partial charge in [0.05, 0.1) is 6.10 Å². The van der Waals surface area contributed by atoms with Gasteiger partial charge in [0.2, 0.25) is 0 Å². The van der Waals surface area contributed by atoms with Crippen LogP contribution >= 0.6 is 24.0 Å². The lowest BCUT2D eigenvalue weighted by molar-refractivity contribution is 0.159. The molecule has 0 aliphatic rings. The minimum absolute atomic E-state index is 0. The van der Waals surface area contributed by atoms with E-state index in [2.05, 4.69) is 19.6 Å². The smallest absolute Gasteiger partial charge is 0.184 e. The summed E-state index contributed by atoms with van der Waals surface area (Å²) < 4.78 is 20.0. The molecule has 0 spiro atoms. The molecule has 1 rings (SSSR count). The van der Waals surface area contributed by atoms with Crippen molar-refractivity contribution in [2.24, 2.45) is 5.73 Å². The Hall–Kier alpha value is -0.133. The van der Waals surface area contributed by atoms with Crippen molar-refractivity contribution >= 4 is 32.3 Å². The van der Waals surface area contributed by atoms with Crippen molar-refractivity contribution in [3.05, 3.63) is 34.6 Å². The van der Waals surface area contributed by atoms with Crippen LogP contribution in [-0.2, 0) is 4.43 Å². The highest BCUT2D eigenvalue weighted by atomic mass is 35.5. The van der Waals surface area contributed by atoms with E-state index in [-0.39, 0.29) is 24.3 Å². The molecule has 0 amide bonds. The van der Waals surface area contributed by atoms with Gasteiger partial charge in [-0.05, 0) is 38.2 Å². The van der Waals surface area contributed by atoms with E-state index in [9.17, 15) is 4.39 Å². The Bertz CT molecular complexity index is 392. The zero-order valence-corrected chi connectivity index (χ0v) is 14.3. The molecule has 2 atom stereocenters. The molecule has 0 aliphatic carbocycles. The average molecular weight is 326 g/mol. The van der Waals surface area contributed by atoms with E-state index in [4.69, 9.17) is 21.8 Å². The molecule has 2 unspecified atom stereocenters. The van der Waals surface area contributed by atoms with Crippen LogP contribution in [0.3, 0.4) is 0 Å². The third-order valence-corrected chi connectivity index (χ3v) is 3.92. The monoisotopic (exact) mass is 325 g/mol. The molecule has 1 aromatic rings. The third kappa shape index (κ3) is 5.40. The number of hydrogen-bond donors (Lipinski definition) is 1. The number of hydrogen-bond acceptors (Lipinski definition) is 2. The fraction of sp³-hybridized carbons (Fsp3) is 0.538. The van der Waals surface area contributed by atoms with Gasteiger partial charge < -0.3 is 10.2 Å². The SMILES string of the molecule is CCC(N)C(O[Si](C)(C)C)c1c(F)cccc1Cl.Cl. The van der Waals surface area contributed by atoms with Crippen molar-refractivity contribution < 1.29 is 8.82 Å². The molecule has 0 aliphatic heterocycles. The molecule has 19 heavy (non-hydrogen) atoms. The summed E-state index contributed by atoms with van der Waals surface area (Å²) in [7, 11) is -1.83. The lowest BCUT2D eigenvalue weighted by Gasteiger charge is -2.31. The number of rotatable bonds is 5. The van der Waals surface area contributed by atoms with E-state index in [1.807, 2.05) is 6.92 Å². The Morgan fingerprint density at radius 3 is 2.37 bits per heavy atom. The minimum Gasteiger partial charge on any atom is -0.409 e. The van der Waals surface area contributed by atoms with Gasteiger partial charge in [-0.1, -0.05) is 24.6 Å². The Kier molecular flexibility index (Phi) is 7.54. The summed E-state index contributed by atoms with van der Waals surface area (Å²) in [6.07, 6.45) is 0.232. The summed E-state index contributed by atoms with van der Waals surface area (Å²) in [6, 6.07) is 4.39. The molecule has 0 bridgehead atoms. The van der Waals surface area contributed by atoms with Gasteiger partial charge in [-0.3, -0.25) is 0 Å². The average Bonchev–Trinajstić information content (AvgIpc) is 2.24. The van der Waals surface area contributed by atoms with E-state index in [0.29, 0.717) is 17.0 Å². The highest BCUT2D eigenvalue weighted by molar-refractivity contribution is 6.69. The fourth-order valence-electron chi connectivity index (χ4n) is 1.74. The molecule has 0 aromatic heterocycles. The number of nitrogens with two attached hydrogens (primary N) is 1. The van der Waals surface area contributed by atoms with Crippen molar-refractivity contribution in [1.29, 1.82) is 0 Å². The van der Waals surface area contributed by atoms with E-state index < -0.39 is 14.4 Å². The first-order chi connectivity index (χ1) is 8.26. The Balaban J connectivity index is 0.00000324. The van der Waals surface area contributed by atoms with Crippen LogP contribution in [0.2, 0.25) is 24.7 Å². The van der Waals surface area contributed by atoms with Crippen LogP contribution in [0.4, 0.5) is 4.39 Å². The Morgan fingerprint density at radius 2 is 1.95 bits per heavy atom. The largest absolute Gasteiger partial charge is 0.409 e. The van der Waals surface area contributed by atoms with Gasteiger partial charge in [-0.15, -0.1) is 12.4 Å². The van der Waals surface area contributed by atoms with Crippen LogP contribution in [0.5, 0.6) is 0 Å². The standard InChI is InChI=1S/C13H21ClFNOSi.ClH/c1-5-11(16)13(17-18(2,3)4)12-9(14)7-6-8-10(12)15;/h6-8,11,13H,5,16H2,1-4H3;1H. The molecule has 2 N–H and O–H groups in total. The summed E-state index contributed by atoms with van der Waals surface area (Å²) in [5.41, 5.74) is 6.45. The first kappa shape index (κ1) is 18.9. The second kappa shape index (κ2) is 7.60. The van der Waals surface area contributed by atoms with E-state index in [0.717, 1.165) is 0 Å². The predicted molar refractivity (Wildman–Crippen MR) is 84.1 cm³/mol. The second-order valence-corrected chi connectivity index (χ2v) is 10.2. The second-order valence-electron chi connectivity index (χ2n) is 5.36. The maximum Gasteiger partial charge on any atom is 0.184 e. The number of benzene rings is 1. The zero-order valence-electron chi connectivity index (χ0n) is 11.7. The van der Waals surface area contributed by atoms with Gasteiger partial charge in [-0.25, -0.2) is 4.39 Å².